The maximum absolute atomic E-state index is 11.5. The van der Waals surface area contributed by atoms with Crippen LogP contribution in [0.2, 0.25) is 0 Å². The molecule has 3 nitrogen and oxygen atoms in total. The molecule has 3 heteroatoms. The minimum Gasteiger partial charge on any atom is -0.466 e. The molecule has 0 bridgehead atoms. The first-order chi connectivity index (χ1) is 8.72. The smallest absolute Gasteiger partial charge is 0.307 e. The molecule has 0 saturated heterocycles. The standard InChI is InChI=1S/C15H21NO2/c1-3-18-15(17)10-11-16-12(2)8-9-13-6-4-5-7-14(13)16/h4-7,12H,3,8-11H2,1-2H3. The quantitative estimate of drug-likeness (QED) is 0.766. The Balaban J connectivity index is 2.05. The summed E-state index contributed by atoms with van der Waals surface area (Å²) in [4.78, 5) is 13.8. The molecule has 0 fully saturated rings. The van der Waals surface area contributed by atoms with Crippen molar-refractivity contribution in [2.75, 3.05) is 18.1 Å². The second kappa shape index (κ2) is 5.89. The maximum atomic E-state index is 11.5. The lowest BCUT2D eigenvalue weighted by molar-refractivity contribution is -0.142. The van der Waals surface area contributed by atoms with Gasteiger partial charge >= 0.3 is 5.97 Å². The Labute approximate surface area is 109 Å². The minimum absolute atomic E-state index is 0.104. The number of ether oxygens (including phenoxy) is 1. The number of nitrogens with zero attached hydrogens (tertiary/aromatic N) is 1. The van der Waals surface area contributed by atoms with E-state index in [4.69, 9.17) is 4.74 Å². The number of carbonyl (C=O) groups is 1. The molecule has 0 spiro atoms. The largest absolute Gasteiger partial charge is 0.466 e. The van der Waals surface area contributed by atoms with Crippen LogP contribution >= 0.6 is 0 Å². The molecular weight excluding hydrogens is 226 g/mol. The SMILES string of the molecule is CCOC(=O)CCN1c2ccccc2CCC1C. The summed E-state index contributed by atoms with van der Waals surface area (Å²) in [6, 6.07) is 8.97. The fourth-order valence-corrected chi connectivity index (χ4v) is 2.55. The zero-order valence-electron chi connectivity index (χ0n) is 11.2. The third kappa shape index (κ3) is 2.84. The van der Waals surface area contributed by atoms with Gasteiger partial charge in [0.05, 0.1) is 13.0 Å². The Kier molecular flexibility index (Phi) is 4.24. The molecule has 2 rings (SSSR count). The number of carbonyl (C=O) groups excluding carboxylic acids is 1. The number of hydrogen-bond donors (Lipinski definition) is 0. The van der Waals surface area contributed by atoms with Gasteiger partial charge in [-0.2, -0.15) is 0 Å². The number of rotatable bonds is 4. The molecule has 1 aromatic carbocycles. The van der Waals surface area contributed by atoms with Crippen LogP contribution in [0.25, 0.3) is 0 Å². The second-order valence-electron chi connectivity index (χ2n) is 4.76. The van der Waals surface area contributed by atoms with Gasteiger partial charge in [-0.1, -0.05) is 18.2 Å². The van der Waals surface area contributed by atoms with E-state index >= 15 is 0 Å². The third-order valence-electron chi connectivity index (χ3n) is 3.53. The molecule has 1 aromatic rings. The van der Waals surface area contributed by atoms with Crippen molar-refractivity contribution in [2.24, 2.45) is 0 Å². The van der Waals surface area contributed by atoms with Gasteiger partial charge < -0.3 is 9.64 Å². The molecule has 0 aliphatic carbocycles. The van der Waals surface area contributed by atoms with Crippen molar-refractivity contribution in [2.45, 2.75) is 39.2 Å². The lowest BCUT2D eigenvalue weighted by atomic mass is 9.96. The number of benzene rings is 1. The number of esters is 1. The van der Waals surface area contributed by atoms with Crippen molar-refractivity contribution < 1.29 is 9.53 Å². The van der Waals surface area contributed by atoms with Gasteiger partial charge in [-0.05, 0) is 38.3 Å². The highest BCUT2D eigenvalue weighted by atomic mass is 16.5. The monoisotopic (exact) mass is 247 g/mol. The average Bonchev–Trinajstić information content (AvgIpc) is 2.38. The first-order valence-corrected chi connectivity index (χ1v) is 6.72. The second-order valence-corrected chi connectivity index (χ2v) is 4.76. The summed E-state index contributed by atoms with van der Waals surface area (Å²) in [6.45, 7) is 5.28. The predicted molar refractivity (Wildman–Crippen MR) is 72.8 cm³/mol. The zero-order chi connectivity index (χ0) is 13.0. The molecule has 0 aromatic heterocycles. The lowest BCUT2D eigenvalue weighted by Gasteiger charge is -2.37. The number of fused-ring (bicyclic) bond motifs is 1. The lowest BCUT2D eigenvalue weighted by Crippen LogP contribution is -2.38. The van der Waals surface area contributed by atoms with Crippen LogP contribution in [0.3, 0.4) is 0 Å². The van der Waals surface area contributed by atoms with Crippen molar-refractivity contribution in [1.29, 1.82) is 0 Å². The molecular formula is C15H21NO2. The Morgan fingerprint density at radius 1 is 1.44 bits per heavy atom. The average molecular weight is 247 g/mol. The Morgan fingerprint density at radius 3 is 3.00 bits per heavy atom. The molecule has 1 atom stereocenters. The highest BCUT2D eigenvalue weighted by Crippen LogP contribution is 2.30. The molecule has 18 heavy (non-hydrogen) atoms. The van der Waals surface area contributed by atoms with Gasteiger partial charge in [-0.3, -0.25) is 4.79 Å². The van der Waals surface area contributed by atoms with Crippen LogP contribution in [0.15, 0.2) is 24.3 Å². The molecule has 1 heterocycles. The molecule has 1 aliphatic rings. The van der Waals surface area contributed by atoms with Crippen molar-refractivity contribution in [3.05, 3.63) is 29.8 Å². The van der Waals surface area contributed by atoms with Gasteiger partial charge in [-0.25, -0.2) is 0 Å². The topological polar surface area (TPSA) is 29.5 Å². The van der Waals surface area contributed by atoms with Gasteiger partial charge in [0.25, 0.3) is 0 Å². The van der Waals surface area contributed by atoms with Crippen molar-refractivity contribution in [3.8, 4) is 0 Å². The molecule has 98 valence electrons. The summed E-state index contributed by atoms with van der Waals surface area (Å²) < 4.78 is 4.99. The van der Waals surface area contributed by atoms with Crippen LogP contribution in [0.4, 0.5) is 5.69 Å². The van der Waals surface area contributed by atoms with Crippen molar-refractivity contribution >= 4 is 11.7 Å². The molecule has 0 radical (unpaired) electrons. The summed E-state index contributed by atoms with van der Waals surface area (Å²) in [7, 11) is 0. The molecule has 0 N–H and O–H groups in total. The Bertz CT molecular complexity index is 417. The van der Waals surface area contributed by atoms with E-state index < -0.39 is 0 Å². The van der Waals surface area contributed by atoms with E-state index in [0.717, 1.165) is 19.4 Å². The minimum atomic E-state index is -0.104. The fourth-order valence-electron chi connectivity index (χ4n) is 2.55. The first-order valence-electron chi connectivity index (χ1n) is 6.72. The van der Waals surface area contributed by atoms with Crippen molar-refractivity contribution in [1.82, 2.24) is 0 Å². The summed E-state index contributed by atoms with van der Waals surface area (Å²) in [6.07, 6.45) is 2.75. The zero-order valence-corrected chi connectivity index (χ0v) is 11.2. The van der Waals surface area contributed by atoms with Crippen molar-refractivity contribution in [3.63, 3.8) is 0 Å². The van der Waals surface area contributed by atoms with E-state index in [1.807, 2.05) is 6.92 Å². The highest BCUT2D eigenvalue weighted by Gasteiger charge is 2.22. The number of para-hydroxylation sites is 1. The van der Waals surface area contributed by atoms with Gasteiger partial charge in [0.1, 0.15) is 0 Å². The van der Waals surface area contributed by atoms with Crippen LogP contribution in [-0.4, -0.2) is 25.2 Å². The van der Waals surface area contributed by atoms with E-state index in [1.54, 1.807) is 0 Å². The fraction of sp³-hybridized carbons (Fsp3) is 0.533. The predicted octanol–water partition coefficient (Wildman–Crippen LogP) is 2.78. The Morgan fingerprint density at radius 2 is 2.22 bits per heavy atom. The highest BCUT2D eigenvalue weighted by molar-refractivity contribution is 5.70. The van der Waals surface area contributed by atoms with Crippen LogP contribution in [0.5, 0.6) is 0 Å². The molecule has 0 amide bonds. The summed E-state index contributed by atoms with van der Waals surface area (Å²) >= 11 is 0. The van der Waals surface area contributed by atoms with Gasteiger partial charge in [-0.15, -0.1) is 0 Å². The van der Waals surface area contributed by atoms with E-state index in [-0.39, 0.29) is 5.97 Å². The van der Waals surface area contributed by atoms with Gasteiger partial charge in [0.15, 0.2) is 0 Å². The van der Waals surface area contributed by atoms with E-state index in [9.17, 15) is 4.79 Å². The van der Waals surface area contributed by atoms with Gasteiger partial charge in [0, 0.05) is 18.3 Å². The summed E-state index contributed by atoms with van der Waals surface area (Å²) in [5, 5.41) is 0. The number of anilines is 1. The van der Waals surface area contributed by atoms with E-state index in [2.05, 4.69) is 36.1 Å². The normalized spacial score (nSPS) is 18.3. The van der Waals surface area contributed by atoms with Crippen LogP contribution in [0, 0.1) is 0 Å². The summed E-state index contributed by atoms with van der Waals surface area (Å²) in [5.41, 5.74) is 2.67. The Hall–Kier alpha value is -1.51. The number of aryl methyl sites for hydroxylation is 1. The van der Waals surface area contributed by atoms with E-state index in [1.165, 1.54) is 11.3 Å². The van der Waals surface area contributed by atoms with Crippen LogP contribution in [0.1, 0.15) is 32.3 Å². The molecule has 1 unspecified atom stereocenters. The van der Waals surface area contributed by atoms with Gasteiger partial charge in [0.2, 0.25) is 0 Å². The molecule has 0 saturated carbocycles. The van der Waals surface area contributed by atoms with E-state index in [0.29, 0.717) is 19.1 Å². The van der Waals surface area contributed by atoms with Crippen LogP contribution in [-0.2, 0) is 16.0 Å². The maximum Gasteiger partial charge on any atom is 0.307 e. The third-order valence-corrected chi connectivity index (χ3v) is 3.53. The first kappa shape index (κ1) is 12.9. The van der Waals surface area contributed by atoms with Crippen LogP contribution < -0.4 is 4.90 Å². The summed E-state index contributed by atoms with van der Waals surface area (Å²) in [5.74, 6) is -0.104. The molecule has 1 aliphatic heterocycles. The number of hydrogen-bond acceptors (Lipinski definition) is 3.